The molecule has 0 radical (unpaired) electrons. The lowest BCUT2D eigenvalue weighted by Gasteiger charge is -2.35. The second-order valence-electron chi connectivity index (χ2n) is 5.93. The molecule has 1 aromatic carbocycles. The normalized spacial score (nSPS) is 15.9. The van der Waals surface area contributed by atoms with Gasteiger partial charge in [0, 0.05) is 44.1 Å². The van der Waals surface area contributed by atoms with Crippen molar-refractivity contribution in [2.75, 3.05) is 43.2 Å². The number of fused-ring (bicyclic) bond motifs is 1. The van der Waals surface area contributed by atoms with Crippen LogP contribution in [0.3, 0.4) is 0 Å². The maximum atomic E-state index is 12.5. The third-order valence-electron chi connectivity index (χ3n) is 4.28. The molecule has 0 aliphatic carbocycles. The number of carbonyl (C=O) groups is 1. The molecule has 0 saturated carbocycles. The topological polar surface area (TPSA) is 66.9 Å². The molecule has 7 nitrogen and oxygen atoms in total. The zero-order chi connectivity index (χ0) is 18.1. The van der Waals surface area contributed by atoms with Crippen molar-refractivity contribution in [3.8, 4) is 11.5 Å². The number of urea groups is 1. The SMILES string of the molecule is O=C(Nc1ccc2c(c1)OCO2)N1CCN(c2ncc(Cl)cc2Cl)CC1. The summed E-state index contributed by atoms with van der Waals surface area (Å²) in [5.41, 5.74) is 0.670. The highest BCUT2D eigenvalue weighted by Crippen LogP contribution is 2.34. The van der Waals surface area contributed by atoms with Crippen molar-refractivity contribution in [1.82, 2.24) is 9.88 Å². The first-order valence-electron chi connectivity index (χ1n) is 8.12. The van der Waals surface area contributed by atoms with Crippen molar-refractivity contribution < 1.29 is 14.3 Å². The summed E-state index contributed by atoms with van der Waals surface area (Å²) in [6.45, 7) is 2.62. The molecule has 2 aliphatic heterocycles. The first-order chi connectivity index (χ1) is 12.6. The Morgan fingerprint density at radius 2 is 1.85 bits per heavy atom. The van der Waals surface area contributed by atoms with Crippen LogP contribution in [-0.4, -0.2) is 48.9 Å². The van der Waals surface area contributed by atoms with E-state index in [1.165, 1.54) is 0 Å². The standard InChI is InChI=1S/C17H16Cl2N4O3/c18-11-7-13(19)16(20-9-11)22-3-5-23(6-4-22)17(24)21-12-1-2-14-15(8-12)26-10-25-14/h1-2,7-9H,3-6,10H2,(H,21,24). The van der Waals surface area contributed by atoms with Crippen molar-refractivity contribution in [2.24, 2.45) is 0 Å². The number of ether oxygens (including phenoxy) is 2. The molecule has 2 aliphatic rings. The quantitative estimate of drug-likeness (QED) is 0.844. The maximum Gasteiger partial charge on any atom is 0.321 e. The van der Waals surface area contributed by atoms with Crippen molar-refractivity contribution >= 4 is 40.7 Å². The van der Waals surface area contributed by atoms with Gasteiger partial charge in [0.2, 0.25) is 6.79 Å². The van der Waals surface area contributed by atoms with Gasteiger partial charge < -0.3 is 24.6 Å². The zero-order valence-electron chi connectivity index (χ0n) is 13.7. The highest BCUT2D eigenvalue weighted by atomic mass is 35.5. The zero-order valence-corrected chi connectivity index (χ0v) is 15.3. The van der Waals surface area contributed by atoms with E-state index in [0.29, 0.717) is 59.2 Å². The molecular weight excluding hydrogens is 379 g/mol. The summed E-state index contributed by atoms with van der Waals surface area (Å²) in [6.07, 6.45) is 1.57. The number of carbonyl (C=O) groups excluding carboxylic acids is 1. The lowest BCUT2D eigenvalue weighted by Crippen LogP contribution is -2.50. The van der Waals surface area contributed by atoms with Crippen LogP contribution in [0.5, 0.6) is 11.5 Å². The maximum absolute atomic E-state index is 12.5. The monoisotopic (exact) mass is 394 g/mol. The molecule has 1 N–H and O–H groups in total. The van der Waals surface area contributed by atoms with E-state index in [4.69, 9.17) is 32.7 Å². The Labute approximate surface area is 160 Å². The molecule has 136 valence electrons. The lowest BCUT2D eigenvalue weighted by molar-refractivity contribution is 0.174. The Kier molecular flexibility index (Phi) is 4.65. The number of pyridine rings is 1. The number of aromatic nitrogens is 1. The summed E-state index contributed by atoms with van der Waals surface area (Å²) in [5.74, 6) is 2.01. The molecule has 0 bridgehead atoms. The summed E-state index contributed by atoms with van der Waals surface area (Å²) < 4.78 is 10.6. The van der Waals surface area contributed by atoms with E-state index in [9.17, 15) is 4.79 Å². The predicted molar refractivity (Wildman–Crippen MR) is 99.6 cm³/mol. The van der Waals surface area contributed by atoms with Crippen molar-refractivity contribution in [3.63, 3.8) is 0 Å². The van der Waals surface area contributed by atoms with Gasteiger partial charge in [-0.25, -0.2) is 9.78 Å². The predicted octanol–water partition coefficient (Wildman–Crippen LogP) is 3.47. The van der Waals surface area contributed by atoms with E-state index >= 15 is 0 Å². The summed E-state index contributed by atoms with van der Waals surface area (Å²) in [7, 11) is 0. The Bertz CT molecular complexity index is 841. The van der Waals surface area contributed by atoms with Crippen LogP contribution in [0.25, 0.3) is 0 Å². The van der Waals surface area contributed by atoms with E-state index in [2.05, 4.69) is 10.3 Å². The van der Waals surface area contributed by atoms with Crippen LogP contribution in [0.15, 0.2) is 30.5 Å². The number of nitrogens with one attached hydrogen (secondary N) is 1. The molecule has 0 spiro atoms. The Morgan fingerprint density at radius 3 is 2.62 bits per heavy atom. The highest BCUT2D eigenvalue weighted by Gasteiger charge is 2.24. The van der Waals surface area contributed by atoms with Gasteiger partial charge in [0.15, 0.2) is 11.5 Å². The number of hydrogen-bond acceptors (Lipinski definition) is 5. The van der Waals surface area contributed by atoms with Crippen molar-refractivity contribution in [1.29, 1.82) is 0 Å². The Balaban J connectivity index is 1.36. The lowest BCUT2D eigenvalue weighted by atomic mass is 10.2. The van der Waals surface area contributed by atoms with Crippen LogP contribution < -0.4 is 19.7 Å². The fourth-order valence-electron chi connectivity index (χ4n) is 2.94. The van der Waals surface area contributed by atoms with Gasteiger partial charge in [-0.05, 0) is 18.2 Å². The second kappa shape index (κ2) is 7.09. The number of piperazine rings is 1. The molecule has 2 aromatic rings. The smallest absolute Gasteiger partial charge is 0.321 e. The van der Waals surface area contributed by atoms with E-state index in [1.807, 2.05) is 4.90 Å². The molecule has 3 heterocycles. The molecule has 0 unspecified atom stereocenters. The summed E-state index contributed by atoms with van der Waals surface area (Å²) in [4.78, 5) is 20.6. The van der Waals surface area contributed by atoms with Crippen LogP contribution in [0.4, 0.5) is 16.3 Å². The number of benzene rings is 1. The number of nitrogens with zero attached hydrogens (tertiary/aromatic N) is 3. The van der Waals surface area contributed by atoms with Gasteiger partial charge in [-0.3, -0.25) is 0 Å². The fraction of sp³-hybridized carbons (Fsp3) is 0.294. The van der Waals surface area contributed by atoms with Crippen molar-refractivity contribution in [3.05, 3.63) is 40.5 Å². The molecule has 4 rings (SSSR count). The summed E-state index contributed by atoms with van der Waals surface area (Å²) in [6, 6.07) is 6.85. The van der Waals surface area contributed by atoms with Crippen LogP contribution in [-0.2, 0) is 0 Å². The Hall–Kier alpha value is -2.38. The second-order valence-corrected chi connectivity index (χ2v) is 6.77. The first-order valence-corrected chi connectivity index (χ1v) is 8.87. The Morgan fingerprint density at radius 1 is 1.08 bits per heavy atom. The number of rotatable bonds is 2. The van der Waals surface area contributed by atoms with Gasteiger partial charge in [-0.15, -0.1) is 0 Å². The van der Waals surface area contributed by atoms with Crippen LogP contribution in [0, 0.1) is 0 Å². The van der Waals surface area contributed by atoms with E-state index in [1.54, 1.807) is 35.4 Å². The molecule has 9 heteroatoms. The van der Waals surface area contributed by atoms with Crippen molar-refractivity contribution in [2.45, 2.75) is 0 Å². The molecule has 1 fully saturated rings. The summed E-state index contributed by atoms with van der Waals surface area (Å²) >= 11 is 12.1. The molecule has 26 heavy (non-hydrogen) atoms. The number of amides is 2. The number of anilines is 2. The van der Waals surface area contributed by atoms with Crippen LogP contribution in [0.1, 0.15) is 0 Å². The molecule has 2 amide bonds. The molecular formula is C17H16Cl2N4O3. The van der Waals surface area contributed by atoms with E-state index < -0.39 is 0 Å². The molecule has 1 saturated heterocycles. The number of halogens is 2. The summed E-state index contributed by atoms with van der Waals surface area (Å²) in [5, 5.41) is 3.90. The minimum absolute atomic E-state index is 0.154. The van der Waals surface area contributed by atoms with Gasteiger partial charge in [0.25, 0.3) is 0 Å². The van der Waals surface area contributed by atoms with Crippen LogP contribution in [0.2, 0.25) is 10.0 Å². The minimum atomic E-state index is -0.154. The highest BCUT2D eigenvalue weighted by molar-refractivity contribution is 6.36. The average Bonchev–Trinajstić information content (AvgIpc) is 3.10. The minimum Gasteiger partial charge on any atom is -0.454 e. The third-order valence-corrected chi connectivity index (χ3v) is 4.76. The fourth-order valence-corrected chi connectivity index (χ4v) is 3.44. The van der Waals surface area contributed by atoms with Gasteiger partial charge in [-0.1, -0.05) is 23.2 Å². The van der Waals surface area contributed by atoms with E-state index in [-0.39, 0.29) is 12.8 Å². The molecule has 1 aromatic heterocycles. The van der Waals surface area contributed by atoms with Crippen LogP contribution >= 0.6 is 23.2 Å². The van der Waals surface area contributed by atoms with E-state index in [0.717, 1.165) is 0 Å². The van der Waals surface area contributed by atoms with Gasteiger partial charge in [0.05, 0.1) is 10.0 Å². The number of hydrogen-bond donors (Lipinski definition) is 1. The third kappa shape index (κ3) is 3.45. The molecule has 0 atom stereocenters. The first kappa shape index (κ1) is 17.1. The largest absolute Gasteiger partial charge is 0.454 e. The van der Waals surface area contributed by atoms with Gasteiger partial charge in [-0.2, -0.15) is 0 Å². The van der Waals surface area contributed by atoms with Gasteiger partial charge in [0.1, 0.15) is 5.82 Å². The average molecular weight is 395 g/mol. The van der Waals surface area contributed by atoms with Gasteiger partial charge >= 0.3 is 6.03 Å².